The lowest BCUT2D eigenvalue weighted by atomic mass is 10.0. The molecule has 0 saturated carbocycles. The molecule has 0 fully saturated rings. The van der Waals surface area contributed by atoms with Crippen LogP contribution in [0.2, 0.25) is 5.02 Å². The summed E-state index contributed by atoms with van der Waals surface area (Å²) in [6, 6.07) is 7.43. The monoisotopic (exact) mass is 490 g/mol. The first-order chi connectivity index (χ1) is 14.8. The van der Waals surface area contributed by atoms with Crippen molar-refractivity contribution in [3.05, 3.63) is 63.7 Å². The third kappa shape index (κ3) is 6.16. The molecule has 0 spiro atoms. The predicted molar refractivity (Wildman–Crippen MR) is 120 cm³/mol. The molecule has 0 unspecified atom stereocenters. The topological polar surface area (TPSA) is 66.5 Å². The molecule has 0 bridgehead atoms. The lowest BCUT2D eigenvalue weighted by Gasteiger charge is -2.29. The lowest BCUT2D eigenvalue weighted by molar-refractivity contribution is -0.137. The van der Waals surface area contributed by atoms with Gasteiger partial charge in [0.25, 0.3) is 0 Å². The first-order valence-electron chi connectivity index (χ1n) is 10.0. The number of carbonyl (C=O) groups excluding carboxylic acids is 1. The average Bonchev–Trinajstić information content (AvgIpc) is 2.71. The highest BCUT2D eigenvalue weighted by molar-refractivity contribution is 7.92. The van der Waals surface area contributed by atoms with Crippen molar-refractivity contribution >= 4 is 33.2 Å². The number of alkyl halides is 3. The number of sulfonamides is 1. The summed E-state index contributed by atoms with van der Waals surface area (Å²) >= 11 is 5.65. The van der Waals surface area contributed by atoms with Gasteiger partial charge in [-0.25, -0.2) is 8.42 Å². The van der Waals surface area contributed by atoms with Gasteiger partial charge >= 0.3 is 6.18 Å². The predicted octanol–water partition coefficient (Wildman–Crippen LogP) is 4.95. The number of carbonyl (C=O) groups is 1. The molecule has 0 heterocycles. The molecule has 0 saturated heterocycles. The molecule has 1 N–H and O–H groups in total. The molecule has 32 heavy (non-hydrogen) atoms. The Bertz CT molecular complexity index is 1090. The van der Waals surface area contributed by atoms with E-state index in [1.54, 1.807) is 0 Å². The Hall–Kier alpha value is -2.26. The fourth-order valence-corrected chi connectivity index (χ4v) is 4.81. The number of rotatable bonds is 8. The molecule has 1 amide bonds. The van der Waals surface area contributed by atoms with E-state index in [1.165, 1.54) is 6.92 Å². The van der Waals surface area contributed by atoms with Crippen molar-refractivity contribution in [2.45, 2.75) is 52.4 Å². The Morgan fingerprint density at radius 1 is 1.09 bits per heavy atom. The molecule has 0 radical (unpaired) electrons. The number of nitrogens with one attached hydrogen (secondary N) is 1. The van der Waals surface area contributed by atoms with Crippen LogP contribution in [0.15, 0.2) is 36.4 Å². The van der Waals surface area contributed by atoms with Crippen LogP contribution in [-0.2, 0) is 40.4 Å². The van der Waals surface area contributed by atoms with E-state index in [-0.39, 0.29) is 12.2 Å². The SMILES string of the molecule is CCc1ccc(CC)c(CNC(=O)[C@H](C)N(c2ccc(Cl)c(C(F)(F)F)c2)S(C)(=O)=O)c1. The van der Waals surface area contributed by atoms with E-state index in [4.69, 9.17) is 11.6 Å². The minimum absolute atomic E-state index is 0.173. The maximum Gasteiger partial charge on any atom is 0.417 e. The summed E-state index contributed by atoms with van der Waals surface area (Å²) in [7, 11) is -4.08. The maximum atomic E-state index is 13.3. The lowest BCUT2D eigenvalue weighted by Crippen LogP contribution is -2.47. The molecule has 5 nitrogen and oxygen atoms in total. The zero-order valence-corrected chi connectivity index (χ0v) is 19.8. The second kappa shape index (κ2) is 10.1. The van der Waals surface area contributed by atoms with Gasteiger partial charge in [0.05, 0.1) is 22.5 Å². The van der Waals surface area contributed by atoms with Crippen molar-refractivity contribution in [3.8, 4) is 0 Å². The minimum atomic E-state index is -4.78. The van der Waals surface area contributed by atoms with Crippen molar-refractivity contribution < 1.29 is 26.4 Å². The van der Waals surface area contributed by atoms with Crippen LogP contribution >= 0.6 is 11.6 Å². The van der Waals surface area contributed by atoms with Gasteiger partial charge in [-0.3, -0.25) is 9.10 Å². The van der Waals surface area contributed by atoms with Gasteiger partial charge < -0.3 is 5.32 Å². The van der Waals surface area contributed by atoms with Crippen LogP contribution in [0, 0.1) is 0 Å². The van der Waals surface area contributed by atoms with E-state index in [9.17, 15) is 26.4 Å². The van der Waals surface area contributed by atoms with Gasteiger partial charge in [0.15, 0.2) is 0 Å². The number of anilines is 1. The van der Waals surface area contributed by atoms with Crippen molar-refractivity contribution in [3.63, 3.8) is 0 Å². The summed E-state index contributed by atoms with van der Waals surface area (Å²) in [5.74, 6) is -0.636. The number of amides is 1. The first kappa shape index (κ1) is 26.0. The normalized spacial score (nSPS) is 13.0. The smallest absolute Gasteiger partial charge is 0.350 e. The van der Waals surface area contributed by atoms with Gasteiger partial charge in [-0.2, -0.15) is 13.2 Å². The summed E-state index contributed by atoms with van der Waals surface area (Å²) in [5, 5.41) is 2.15. The summed E-state index contributed by atoms with van der Waals surface area (Å²) in [6.45, 7) is 5.49. The largest absolute Gasteiger partial charge is 0.417 e. The molecule has 1 atom stereocenters. The van der Waals surface area contributed by atoms with Crippen LogP contribution in [0.5, 0.6) is 0 Å². The van der Waals surface area contributed by atoms with Crippen LogP contribution in [0.3, 0.4) is 0 Å². The number of halogens is 4. The molecular formula is C22H26ClF3N2O3S. The van der Waals surface area contributed by atoms with Gasteiger partial charge in [0.2, 0.25) is 15.9 Å². The van der Waals surface area contributed by atoms with Gasteiger partial charge in [-0.15, -0.1) is 0 Å². The van der Waals surface area contributed by atoms with Crippen molar-refractivity contribution in [1.82, 2.24) is 5.32 Å². The third-order valence-electron chi connectivity index (χ3n) is 5.11. The Morgan fingerprint density at radius 3 is 2.28 bits per heavy atom. The fourth-order valence-electron chi connectivity index (χ4n) is 3.42. The van der Waals surface area contributed by atoms with Crippen LogP contribution in [0.1, 0.15) is 43.0 Å². The van der Waals surface area contributed by atoms with E-state index in [0.717, 1.165) is 47.9 Å². The van der Waals surface area contributed by atoms with Crippen LogP contribution in [-0.4, -0.2) is 26.6 Å². The molecule has 0 aliphatic rings. The van der Waals surface area contributed by atoms with Crippen LogP contribution < -0.4 is 9.62 Å². The van der Waals surface area contributed by atoms with Crippen molar-refractivity contribution in [2.75, 3.05) is 10.6 Å². The van der Waals surface area contributed by atoms with E-state index < -0.39 is 38.7 Å². The standard InChI is InChI=1S/C22H26ClF3N2O3S/c1-5-15-7-8-16(6-2)17(11-15)13-27-21(29)14(3)28(32(4,30)31)18-9-10-20(23)19(12-18)22(24,25)26/h7-12,14H,5-6,13H2,1-4H3,(H,27,29)/t14-/m0/s1. The number of hydrogen-bond acceptors (Lipinski definition) is 3. The summed E-state index contributed by atoms with van der Waals surface area (Å²) < 4.78 is 65.3. The second-order valence-corrected chi connectivity index (χ2v) is 9.69. The average molecular weight is 491 g/mol. The van der Waals surface area contributed by atoms with Crippen LogP contribution in [0.4, 0.5) is 18.9 Å². The van der Waals surface area contributed by atoms with Crippen molar-refractivity contribution in [1.29, 1.82) is 0 Å². The summed E-state index contributed by atoms with van der Waals surface area (Å²) in [6.07, 6.45) is -2.37. The van der Waals surface area contributed by atoms with E-state index >= 15 is 0 Å². The van der Waals surface area contributed by atoms with Gasteiger partial charge in [0.1, 0.15) is 6.04 Å². The number of nitrogens with zero attached hydrogens (tertiary/aromatic N) is 1. The molecule has 2 aromatic carbocycles. The number of hydrogen-bond donors (Lipinski definition) is 1. The van der Waals surface area contributed by atoms with Gasteiger partial charge in [0, 0.05) is 6.54 Å². The molecule has 176 valence electrons. The molecular weight excluding hydrogens is 465 g/mol. The summed E-state index contributed by atoms with van der Waals surface area (Å²) in [4.78, 5) is 12.8. The van der Waals surface area contributed by atoms with Gasteiger partial charge in [-0.05, 0) is 54.7 Å². The fraction of sp³-hybridized carbons (Fsp3) is 0.409. The van der Waals surface area contributed by atoms with Gasteiger partial charge in [-0.1, -0.05) is 43.6 Å². The minimum Gasteiger partial charge on any atom is -0.350 e. The number of aryl methyl sites for hydroxylation is 2. The highest BCUT2D eigenvalue weighted by atomic mass is 35.5. The molecule has 2 aromatic rings. The van der Waals surface area contributed by atoms with E-state index in [0.29, 0.717) is 10.4 Å². The molecule has 0 aliphatic carbocycles. The molecule has 0 aliphatic heterocycles. The Balaban J connectivity index is 2.34. The summed E-state index contributed by atoms with van der Waals surface area (Å²) in [5.41, 5.74) is 1.57. The van der Waals surface area contributed by atoms with E-state index in [1.807, 2.05) is 32.0 Å². The molecule has 0 aromatic heterocycles. The Labute approximate surface area is 191 Å². The number of benzene rings is 2. The van der Waals surface area contributed by atoms with Crippen molar-refractivity contribution in [2.24, 2.45) is 0 Å². The Morgan fingerprint density at radius 2 is 1.75 bits per heavy atom. The van der Waals surface area contributed by atoms with E-state index in [2.05, 4.69) is 5.32 Å². The highest BCUT2D eigenvalue weighted by Crippen LogP contribution is 2.37. The maximum absolute atomic E-state index is 13.3. The third-order valence-corrected chi connectivity index (χ3v) is 6.68. The Kier molecular flexibility index (Phi) is 8.22. The zero-order chi connectivity index (χ0) is 24.3. The second-order valence-electron chi connectivity index (χ2n) is 7.42. The van der Waals surface area contributed by atoms with Crippen LogP contribution in [0.25, 0.3) is 0 Å². The molecule has 2 rings (SSSR count). The quantitative estimate of drug-likeness (QED) is 0.569. The molecule has 10 heteroatoms. The zero-order valence-electron chi connectivity index (χ0n) is 18.3. The highest BCUT2D eigenvalue weighted by Gasteiger charge is 2.36. The first-order valence-corrected chi connectivity index (χ1v) is 12.3.